The number of nitrogens with zero attached hydrogens (tertiary/aromatic N) is 1. The Morgan fingerprint density at radius 2 is 1.83 bits per heavy atom. The van der Waals surface area contributed by atoms with Crippen LogP contribution < -0.4 is 24.1 Å². The lowest BCUT2D eigenvalue weighted by molar-refractivity contribution is -0.686. The van der Waals surface area contributed by atoms with Crippen molar-refractivity contribution in [3.63, 3.8) is 0 Å². The molecule has 0 fully saturated rings. The lowest BCUT2D eigenvalue weighted by Gasteiger charge is -2.21. The molecule has 2 aromatic carbocycles. The number of methoxy groups -OCH3 is 1. The summed E-state index contributed by atoms with van der Waals surface area (Å²) >= 11 is 0. The van der Waals surface area contributed by atoms with Crippen molar-refractivity contribution in [3.05, 3.63) is 41.6 Å². The number of unbranched alkanes of at least 4 members (excludes halogenated alkanes) is 5. The van der Waals surface area contributed by atoms with Gasteiger partial charge in [0.1, 0.15) is 5.75 Å². The maximum Gasteiger partial charge on any atom is 0.231 e. The van der Waals surface area contributed by atoms with Gasteiger partial charge < -0.3 is 24.6 Å². The smallest absolute Gasteiger partial charge is 0.231 e. The van der Waals surface area contributed by atoms with Crippen LogP contribution in [0.4, 0.5) is 5.69 Å². The average molecular weight is 478 g/mol. The fourth-order valence-electron chi connectivity index (χ4n) is 5.53. The van der Waals surface area contributed by atoms with Gasteiger partial charge in [-0.3, -0.25) is 0 Å². The molecule has 0 aliphatic carbocycles. The Labute approximate surface area is 207 Å². The van der Waals surface area contributed by atoms with E-state index in [0.717, 1.165) is 47.7 Å². The zero-order valence-electron chi connectivity index (χ0n) is 21.0. The summed E-state index contributed by atoms with van der Waals surface area (Å²) in [5.41, 5.74) is 6.21. The van der Waals surface area contributed by atoms with Gasteiger partial charge in [-0.25, -0.2) is 0 Å². The quantitative estimate of drug-likeness (QED) is 0.286. The standard InChI is InChI=1S/C29H36N2O4/c1-3-4-5-6-7-8-9-22-21-10-11-25(33-2)28(30-13-15-32)24(21)18-31-14-12-20-16-26-27(35-19-34-26)17-23(20)29(22)31/h10-11,16-18,32H,3-9,12-15,19H2,1-2H3/p+1. The maximum absolute atomic E-state index is 9.47. The molecular weight excluding hydrogens is 440 g/mol. The SMILES string of the molecule is CCCCCCCCc1c2[n+](cc3c(NCCO)c(OC)ccc13)CCc1cc3c(cc1-2)OCO3. The zero-order valence-corrected chi connectivity index (χ0v) is 21.0. The molecule has 186 valence electrons. The largest absolute Gasteiger partial charge is 0.495 e. The second-order valence-electron chi connectivity index (χ2n) is 9.53. The summed E-state index contributed by atoms with van der Waals surface area (Å²) < 4.78 is 19.5. The number of fused-ring (bicyclic) bond motifs is 5. The van der Waals surface area contributed by atoms with Crippen molar-refractivity contribution in [2.75, 3.05) is 32.4 Å². The molecule has 2 aliphatic heterocycles. The van der Waals surface area contributed by atoms with Crippen LogP contribution in [0.3, 0.4) is 0 Å². The fraction of sp³-hybridized carbons (Fsp3) is 0.483. The van der Waals surface area contributed by atoms with E-state index in [4.69, 9.17) is 14.2 Å². The summed E-state index contributed by atoms with van der Waals surface area (Å²) in [5, 5.41) is 15.3. The summed E-state index contributed by atoms with van der Waals surface area (Å²) in [6, 6.07) is 8.59. The predicted molar refractivity (Wildman–Crippen MR) is 139 cm³/mol. The van der Waals surface area contributed by atoms with Gasteiger partial charge in [-0.2, -0.15) is 4.57 Å². The number of aromatic nitrogens is 1. The van der Waals surface area contributed by atoms with E-state index < -0.39 is 0 Å². The zero-order chi connectivity index (χ0) is 24.2. The summed E-state index contributed by atoms with van der Waals surface area (Å²) in [5.74, 6) is 2.50. The number of rotatable bonds is 11. The maximum atomic E-state index is 9.47. The first-order valence-corrected chi connectivity index (χ1v) is 13.1. The minimum atomic E-state index is 0.0722. The van der Waals surface area contributed by atoms with E-state index in [1.54, 1.807) is 7.11 Å². The van der Waals surface area contributed by atoms with E-state index in [2.05, 4.69) is 41.2 Å². The van der Waals surface area contributed by atoms with Gasteiger partial charge in [0.15, 0.2) is 24.2 Å². The molecule has 6 heteroatoms. The third-order valence-electron chi connectivity index (χ3n) is 7.28. The molecule has 0 unspecified atom stereocenters. The molecule has 0 bridgehead atoms. The molecule has 0 saturated carbocycles. The third kappa shape index (κ3) is 4.64. The van der Waals surface area contributed by atoms with Gasteiger partial charge >= 0.3 is 0 Å². The van der Waals surface area contributed by atoms with E-state index in [-0.39, 0.29) is 6.61 Å². The number of ether oxygens (including phenoxy) is 3. The van der Waals surface area contributed by atoms with Crippen LogP contribution in [0.15, 0.2) is 30.5 Å². The Bertz CT molecular complexity index is 1210. The van der Waals surface area contributed by atoms with E-state index in [9.17, 15) is 5.11 Å². The first-order valence-electron chi connectivity index (χ1n) is 13.1. The number of aliphatic hydroxyl groups is 1. The molecule has 0 amide bonds. The van der Waals surface area contributed by atoms with E-state index in [1.807, 2.05) is 6.07 Å². The molecule has 35 heavy (non-hydrogen) atoms. The lowest BCUT2D eigenvalue weighted by Crippen LogP contribution is -2.41. The van der Waals surface area contributed by atoms with Gasteiger partial charge in [-0.1, -0.05) is 39.0 Å². The van der Waals surface area contributed by atoms with Crippen LogP contribution in [0.25, 0.3) is 22.0 Å². The number of aryl methyl sites for hydroxylation is 3. The Kier molecular flexibility index (Phi) is 7.28. The molecule has 2 N–H and O–H groups in total. The molecule has 2 aliphatic rings. The minimum Gasteiger partial charge on any atom is -0.495 e. The molecule has 3 aromatic rings. The monoisotopic (exact) mass is 477 g/mol. The Morgan fingerprint density at radius 1 is 1.03 bits per heavy atom. The highest BCUT2D eigenvalue weighted by Crippen LogP contribution is 2.43. The molecule has 0 radical (unpaired) electrons. The number of aliphatic hydroxyl groups excluding tert-OH is 1. The lowest BCUT2D eigenvalue weighted by atomic mass is 9.89. The van der Waals surface area contributed by atoms with Crippen LogP contribution in [0.2, 0.25) is 0 Å². The number of hydrogen-bond donors (Lipinski definition) is 2. The van der Waals surface area contributed by atoms with Gasteiger partial charge in [-0.05, 0) is 48.1 Å². The van der Waals surface area contributed by atoms with Gasteiger partial charge in [-0.15, -0.1) is 0 Å². The Balaban J connectivity index is 1.63. The summed E-state index contributed by atoms with van der Waals surface area (Å²) in [6.07, 6.45) is 11.8. The Morgan fingerprint density at radius 3 is 2.63 bits per heavy atom. The molecule has 3 heterocycles. The summed E-state index contributed by atoms with van der Waals surface area (Å²) in [4.78, 5) is 0. The topological polar surface area (TPSA) is 63.8 Å². The van der Waals surface area contributed by atoms with E-state index in [0.29, 0.717) is 13.3 Å². The van der Waals surface area contributed by atoms with Crippen LogP contribution in [0.1, 0.15) is 56.6 Å². The minimum absolute atomic E-state index is 0.0722. The van der Waals surface area contributed by atoms with Crippen LogP contribution in [0, 0.1) is 0 Å². The molecule has 0 saturated heterocycles. The second kappa shape index (κ2) is 10.7. The van der Waals surface area contributed by atoms with Crippen LogP contribution in [-0.2, 0) is 19.4 Å². The molecule has 5 rings (SSSR count). The van der Waals surface area contributed by atoms with Crippen LogP contribution >= 0.6 is 0 Å². The molecule has 0 atom stereocenters. The second-order valence-corrected chi connectivity index (χ2v) is 9.53. The van der Waals surface area contributed by atoms with Crippen molar-refractivity contribution < 1.29 is 23.9 Å². The molecule has 6 nitrogen and oxygen atoms in total. The first-order chi connectivity index (χ1) is 17.2. The number of nitrogens with one attached hydrogen (secondary N) is 1. The summed E-state index contributed by atoms with van der Waals surface area (Å²) in [6.45, 7) is 4.02. The number of anilines is 1. The molecule has 1 aromatic heterocycles. The van der Waals surface area contributed by atoms with Gasteiger partial charge in [0.2, 0.25) is 12.5 Å². The van der Waals surface area contributed by atoms with Gasteiger partial charge in [0, 0.05) is 18.5 Å². The number of hydrogen-bond acceptors (Lipinski definition) is 5. The van der Waals surface area contributed by atoms with Crippen molar-refractivity contribution >= 4 is 16.5 Å². The van der Waals surface area contributed by atoms with Gasteiger partial charge in [0.05, 0.1) is 30.4 Å². The van der Waals surface area contributed by atoms with Gasteiger partial charge in [0.25, 0.3) is 0 Å². The highest BCUT2D eigenvalue weighted by atomic mass is 16.7. The highest BCUT2D eigenvalue weighted by molar-refractivity contribution is 6.00. The van der Waals surface area contributed by atoms with Crippen molar-refractivity contribution in [1.82, 2.24) is 0 Å². The van der Waals surface area contributed by atoms with E-state index >= 15 is 0 Å². The van der Waals surface area contributed by atoms with Crippen molar-refractivity contribution in [2.45, 2.75) is 64.8 Å². The fourth-order valence-corrected chi connectivity index (χ4v) is 5.53. The summed E-state index contributed by atoms with van der Waals surface area (Å²) in [7, 11) is 1.70. The molecule has 0 spiro atoms. The average Bonchev–Trinajstić information content (AvgIpc) is 3.34. The van der Waals surface area contributed by atoms with Crippen molar-refractivity contribution in [3.8, 4) is 28.5 Å². The number of benzene rings is 2. The van der Waals surface area contributed by atoms with Crippen LogP contribution in [0.5, 0.6) is 17.2 Å². The first kappa shape index (κ1) is 23.7. The van der Waals surface area contributed by atoms with E-state index in [1.165, 1.54) is 66.3 Å². The highest BCUT2D eigenvalue weighted by Gasteiger charge is 2.32. The van der Waals surface area contributed by atoms with Crippen molar-refractivity contribution in [1.29, 1.82) is 0 Å². The molecular formula is C29H37N2O4+. The van der Waals surface area contributed by atoms with Crippen LogP contribution in [-0.4, -0.2) is 32.2 Å². The number of pyridine rings is 1. The van der Waals surface area contributed by atoms with Crippen molar-refractivity contribution in [2.24, 2.45) is 0 Å². The third-order valence-corrected chi connectivity index (χ3v) is 7.28. The predicted octanol–water partition coefficient (Wildman–Crippen LogP) is 5.39. The normalized spacial score (nSPS) is 13.6. The Hall–Kier alpha value is -2.99.